The van der Waals surface area contributed by atoms with E-state index in [2.05, 4.69) is 15.4 Å². The SMILES string of the molecule is O=C(NCc1cccnc1)c1ccc2n1Cc1ccccc1N(C(=O)c1ccc(-n3cccn3)cc1)C2. The molecule has 2 aromatic carbocycles. The highest BCUT2D eigenvalue weighted by atomic mass is 16.2. The molecule has 6 rings (SSSR count). The first kappa shape index (κ1) is 22.5. The Labute approximate surface area is 213 Å². The van der Waals surface area contributed by atoms with Crippen molar-refractivity contribution in [1.29, 1.82) is 0 Å². The van der Waals surface area contributed by atoms with Crippen molar-refractivity contribution in [3.8, 4) is 5.69 Å². The molecule has 1 N–H and O–H groups in total. The minimum absolute atomic E-state index is 0.100. The number of hydrogen-bond donors (Lipinski definition) is 1. The van der Waals surface area contributed by atoms with Crippen molar-refractivity contribution >= 4 is 17.5 Å². The zero-order valence-corrected chi connectivity index (χ0v) is 20.0. The molecule has 0 unspecified atom stereocenters. The quantitative estimate of drug-likeness (QED) is 0.402. The van der Waals surface area contributed by atoms with E-state index in [1.54, 1.807) is 28.2 Å². The number of benzene rings is 2. The third kappa shape index (κ3) is 4.40. The number of anilines is 1. The number of fused-ring (bicyclic) bond motifs is 2. The van der Waals surface area contributed by atoms with Crippen LogP contribution in [-0.4, -0.2) is 31.1 Å². The van der Waals surface area contributed by atoms with Crippen molar-refractivity contribution < 1.29 is 9.59 Å². The molecule has 1 aliphatic heterocycles. The number of amides is 2. The van der Waals surface area contributed by atoms with E-state index in [4.69, 9.17) is 0 Å². The highest BCUT2D eigenvalue weighted by Gasteiger charge is 2.27. The van der Waals surface area contributed by atoms with Crippen molar-refractivity contribution in [3.05, 3.63) is 132 Å². The molecule has 0 saturated carbocycles. The van der Waals surface area contributed by atoms with Gasteiger partial charge in [-0.2, -0.15) is 5.10 Å². The monoisotopic (exact) mass is 488 g/mol. The lowest BCUT2D eigenvalue weighted by molar-refractivity contribution is 0.0941. The summed E-state index contributed by atoms with van der Waals surface area (Å²) in [5.41, 5.74) is 5.66. The first-order valence-electron chi connectivity index (χ1n) is 12.0. The average Bonchev–Trinajstić information content (AvgIpc) is 3.59. The number of pyridine rings is 1. The summed E-state index contributed by atoms with van der Waals surface area (Å²) in [7, 11) is 0. The molecule has 8 heteroatoms. The van der Waals surface area contributed by atoms with Crippen LogP contribution in [0.4, 0.5) is 5.69 Å². The Balaban J connectivity index is 1.28. The summed E-state index contributed by atoms with van der Waals surface area (Å²) in [6.45, 7) is 1.24. The van der Waals surface area contributed by atoms with Crippen LogP contribution in [0.2, 0.25) is 0 Å². The zero-order valence-electron chi connectivity index (χ0n) is 20.0. The van der Waals surface area contributed by atoms with E-state index in [0.717, 1.165) is 28.2 Å². The van der Waals surface area contributed by atoms with Gasteiger partial charge in [-0.15, -0.1) is 0 Å². The Kier molecular flexibility index (Phi) is 5.82. The van der Waals surface area contributed by atoms with Gasteiger partial charge in [-0.3, -0.25) is 14.6 Å². The Morgan fingerprint density at radius 3 is 2.51 bits per heavy atom. The van der Waals surface area contributed by atoms with Crippen LogP contribution in [0.5, 0.6) is 0 Å². The molecule has 0 spiro atoms. The Hall–Kier alpha value is -4.98. The van der Waals surface area contributed by atoms with E-state index in [9.17, 15) is 9.59 Å². The number of rotatable bonds is 5. The van der Waals surface area contributed by atoms with Crippen molar-refractivity contribution in [1.82, 2.24) is 24.6 Å². The summed E-state index contributed by atoms with van der Waals surface area (Å²) < 4.78 is 3.74. The van der Waals surface area contributed by atoms with Gasteiger partial charge < -0.3 is 14.8 Å². The molecule has 4 heterocycles. The Morgan fingerprint density at radius 1 is 0.865 bits per heavy atom. The summed E-state index contributed by atoms with van der Waals surface area (Å²) in [5, 5.41) is 7.23. The third-order valence-electron chi connectivity index (χ3n) is 6.54. The minimum atomic E-state index is -0.165. The molecule has 0 atom stereocenters. The van der Waals surface area contributed by atoms with Gasteiger partial charge in [0.2, 0.25) is 0 Å². The maximum Gasteiger partial charge on any atom is 0.268 e. The van der Waals surface area contributed by atoms with Crippen LogP contribution in [0.25, 0.3) is 5.69 Å². The molecular weight excluding hydrogens is 464 g/mol. The molecule has 182 valence electrons. The summed E-state index contributed by atoms with van der Waals surface area (Å²) in [6.07, 6.45) is 7.02. The van der Waals surface area contributed by atoms with Crippen molar-refractivity contribution in [3.63, 3.8) is 0 Å². The van der Waals surface area contributed by atoms with Gasteiger partial charge in [0, 0.05) is 48.3 Å². The normalized spacial score (nSPS) is 12.4. The zero-order chi connectivity index (χ0) is 25.2. The van der Waals surface area contributed by atoms with E-state index >= 15 is 0 Å². The highest BCUT2D eigenvalue weighted by Crippen LogP contribution is 2.30. The maximum atomic E-state index is 13.7. The predicted molar refractivity (Wildman–Crippen MR) is 139 cm³/mol. The van der Waals surface area contributed by atoms with E-state index in [-0.39, 0.29) is 11.8 Å². The van der Waals surface area contributed by atoms with Crippen molar-refractivity contribution in [2.75, 3.05) is 4.90 Å². The van der Waals surface area contributed by atoms with Gasteiger partial charge in [0.15, 0.2) is 0 Å². The van der Waals surface area contributed by atoms with Crippen molar-refractivity contribution in [2.45, 2.75) is 19.6 Å². The fourth-order valence-corrected chi connectivity index (χ4v) is 4.65. The van der Waals surface area contributed by atoms with Crippen LogP contribution < -0.4 is 10.2 Å². The first-order chi connectivity index (χ1) is 18.2. The number of carbonyl (C=O) groups is 2. The molecule has 0 bridgehead atoms. The van der Waals surface area contributed by atoms with Crippen molar-refractivity contribution in [2.24, 2.45) is 0 Å². The largest absolute Gasteiger partial charge is 0.347 e. The number of nitrogens with zero attached hydrogens (tertiary/aromatic N) is 5. The lowest BCUT2D eigenvalue weighted by Gasteiger charge is -2.23. The fraction of sp³-hybridized carbons (Fsp3) is 0.103. The van der Waals surface area contributed by atoms with Crippen LogP contribution in [0.3, 0.4) is 0 Å². The summed E-state index contributed by atoms with van der Waals surface area (Å²) >= 11 is 0. The molecule has 8 nitrogen and oxygen atoms in total. The molecule has 37 heavy (non-hydrogen) atoms. The van der Waals surface area contributed by atoms with Gasteiger partial charge in [-0.1, -0.05) is 24.3 Å². The van der Waals surface area contributed by atoms with E-state index < -0.39 is 0 Å². The smallest absolute Gasteiger partial charge is 0.268 e. The number of nitrogens with one attached hydrogen (secondary N) is 1. The van der Waals surface area contributed by atoms with E-state index in [1.807, 2.05) is 89.6 Å². The molecule has 0 fully saturated rings. The Bertz CT molecular complexity index is 1560. The minimum Gasteiger partial charge on any atom is -0.347 e. The van der Waals surface area contributed by atoms with E-state index in [1.165, 1.54) is 0 Å². The fourth-order valence-electron chi connectivity index (χ4n) is 4.65. The average molecular weight is 489 g/mol. The number of aromatic nitrogens is 4. The topological polar surface area (TPSA) is 85.0 Å². The first-order valence-corrected chi connectivity index (χ1v) is 12.0. The van der Waals surface area contributed by atoms with Gasteiger partial charge in [0.1, 0.15) is 5.69 Å². The summed E-state index contributed by atoms with van der Waals surface area (Å²) in [5.74, 6) is -0.265. The molecule has 0 aliphatic carbocycles. The highest BCUT2D eigenvalue weighted by molar-refractivity contribution is 6.06. The van der Waals surface area contributed by atoms with Crippen LogP contribution in [0.15, 0.2) is 104 Å². The third-order valence-corrected chi connectivity index (χ3v) is 6.54. The second-order valence-electron chi connectivity index (χ2n) is 8.86. The number of carbonyl (C=O) groups excluding carboxylic acids is 2. The summed E-state index contributed by atoms with van der Waals surface area (Å²) in [6, 6.07) is 24.6. The van der Waals surface area contributed by atoms with Gasteiger partial charge in [0.25, 0.3) is 11.8 Å². The standard InChI is InChI=1S/C29H24N6O2/c36-28(31-18-21-5-3-14-30-17-21)27-13-12-25-20-34(26-7-2-1-6-23(26)19-33(25)27)29(37)22-8-10-24(11-9-22)35-16-4-15-32-35/h1-17H,18-20H2,(H,31,36). The molecule has 0 saturated heterocycles. The molecule has 1 aliphatic rings. The molecule has 3 aromatic heterocycles. The lowest BCUT2D eigenvalue weighted by atomic mass is 10.1. The van der Waals surface area contributed by atoms with Crippen LogP contribution in [0, 0.1) is 0 Å². The second kappa shape index (κ2) is 9.58. The molecule has 5 aromatic rings. The van der Waals surface area contributed by atoms with E-state index in [0.29, 0.717) is 30.9 Å². The molecular formula is C29H24N6O2. The van der Waals surface area contributed by atoms with Crippen LogP contribution >= 0.6 is 0 Å². The summed E-state index contributed by atoms with van der Waals surface area (Å²) in [4.78, 5) is 32.7. The maximum absolute atomic E-state index is 13.7. The second-order valence-corrected chi connectivity index (χ2v) is 8.86. The number of para-hydroxylation sites is 1. The van der Waals surface area contributed by atoms with Gasteiger partial charge in [-0.05, 0) is 65.7 Å². The lowest BCUT2D eigenvalue weighted by Crippen LogP contribution is -2.30. The van der Waals surface area contributed by atoms with Crippen LogP contribution in [0.1, 0.15) is 37.7 Å². The predicted octanol–water partition coefficient (Wildman–Crippen LogP) is 4.21. The number of hydrogen-bond acceptors (Lipinski definition) is 4. The van der Waals surface area contributed by atoms with Gasteiger partial charge >= 0.3 is 0 Å². The molecule has 0 radical (unpaired) electrons. The Morgan fingerprint density at radius 2 is 1.73 bits per heavy atom. The molecule has 2 amide bonds. The van der Waals surface area contributed by atoms with Gasteiger partial charge in [-0.25, -0.2) is 4.68 Å². The van der Waals surface area contributed by atoms with Gasteiger partial charge in [0.05, 0.1) is 18.8 Å². The van der Waals surface area contributed by atoms with Crippen LogP contribution in [-0.2, 0) is 19.6 Å².